The summed E-state index contributed by atoms with van der Waals surface area (Å²) < 4.78 is 5.22. The minimum absolute atomic E-state index is 0.000488. The van der Waals surface area contributed by atoms with Gasteiger partial charge >= 0.3 is 0 Å². The van der Waals surface area contributed by atoms with Crippen LogP contribution >= 0.6 is 0 Å². The fourth-order valence-electron chi connectivity index (χ4n) is 4.14. The standard InChI is InChI=1S/C27H35N3O4/c1-5-19(3)28-26(32)24(29-25(31)22-7-6-8-23(17-22)34-4)20-13-15-30(16-14-20)27(33)21-11-9-18(2)10-12-21/h6-12,17,19-20,24H,5,13-16H2,1-4H3,(H,28,32)(H,29,31)/t19-,24-/m1/s1. The second-order valence-corrected chi connectivity index (χ2v) is 9.00. The van der Waals surface area contributed by atoms with E-state index in [2.05, 4.69) is 10.6 Å². The molecule has 0 aliphatic carbocycles. The Morgan fingerprint density at radius 3 is 2.32 bits per heavy atom. The van der Waals surface area contributed by atoms with Crippen LogP contribution in [-0.4, -0.2) is 54.9 Å². The van der Waals surface area contributed by atoms with Crippen LogP contribution in [0.15, 0.2) is 48.5 Å². The summed E-state index contributed by atoms with van der Waals surface area (Å²) in [4.78, 5) is 40.9. The number of nitrogens with zero attached hydrogens (tertiary/aromatic N) is 1. The summed E-state index contributed by atoms with van der Waals surface area (Å²) in [6.07, 6.45) is 2.06. The lowest BCUT2D eigenvalue weighted by atomic mass is 9.88. The minimum atomic E-state index is -0.677. The van der Waals surface area contributed by atoms with Gasteiger partial charge in [-0.15, -0.1) is 0 Å². The van der Waals surface area contributed by atoms with Crippen molar-refractivity contribution >= 4 is 17.7 Å². The number of likely N-dealkylation sites (tertiary alicyclic amines) is 1. The van der Waals surface area contributed by atoms with E-state index in [-0.39, 0.29) is 29.7 Å². The normalized spacial score (nSPS) is 15.8. The summed E-state index contributed by atoms with van der Waals surface area (Å²) in [7, 11) is 1.55. The first-order valence-corrected chi connectivity index (χ1v) is 11.9. The molecule has 0 saturated carbocycles. The average Bonchev–Trinajstić information content (AvgIpc) is 2.87. The molecule has 182 valence electrons. The van der Waals surface area contributed by atoms with Crippen LogP contribution in [0.25, 0.3) is 0 Å². The molecule has 3 rings (SSSR count). The highest BCUT2D eigenvalue weighted by molar-refractivity contribution is 5.98. The predicted molar refractivity (Wildman–Crippen MR) is 132 cm³/mol. The van der Waals surface area contributed by atoms with Gasteiger partial charge in [-0.25, -0.2) is 0 Å². The Bertz CT molecular complexity index is 997. The Morgan fingerprint density at radius 2 is 1.71 bits per heavy atom. The lowest BCUT2D eigenvalue weighted by Gasteiger charge is -2.36. The number of rotatable bonds is 8. The first-order chi connectivity index (χ1) is 16.3. The van der Waals surface area contributed by atoms with Crippen LogP contribution in [0.5, 0.6) is 5.75 Å². The van der Waals surface area contributed by atoms with E-state index in [1.807, 2.05) is 49.9 Å². The second-order valence-electron chi connectivity index (χ2n) is 9.00. The molecule has 2 aromatic rings. The number of carbonyl (C=O) groups excluding carboxylic acids is 3. The third kappa shape index (κ3) is 6.37. The van der Waals surface area contributed by atoms with Crippen molar-refractivity contribution in [2.45, 2.75) is 52.1 Å². The van der Waals surface area contributed by atoms with Gasteiger partial charge in [0.1, 0.15) is 11.8 Å². The summed E-state index contributed by atoms with van der Waals surface area (Å²) in [5, 5.41) is 5.97. The molecular weight excluding hydrogens is 430 g/mol. The number of piperidine rings is 1. The quantitative estimate of drug-likeness (QED) is 0.624. The first kappa shape index (κ1) is 25.3. The Hall–Kier alpha value is -3.35. The van der Waals surface area contributed by atoms with Crippen molar-refractivity contribution in [2.24, 2.45) is 5.92 Å². The van der Waals surface area contributed by atoms with Crippen LogP contribution in [-0.2, 0) is 4.79 Å². The lowest BCUT2D eigenvalue weighted by molar-refractivity contribution is -0.125. The maximum Gasteiger partial charge on any atom is 0.253 e. The molecule has 2 N–H and O–H groups in total. The van der Waals surface area contributed by atoms with E-state index in [0.29, 0.717) is 42.8 Å². The van der Waals surface area contributed by atoms with Crippen molar-refractivity contribution in [2.75, 3.05) is 20.2 Å². The third-order valence-corrected chi connectivity index (χ3v) is 6.50. The van der Waals surface area contributed by atoms with Crippen LogP contribution in [0.2, 0.25) is 0 Å². The molecule has 34 heavy (non-hydrogen) atoms. The SMILES string of the molecule is CC[C@@H](C)NC(=O)[C@H](NC(=O)c1cccc(OC)c1)C1CCN(C(=O)c2ccc(C)cc2)CC1. The predicted octanol–water partition coefficient (Wildman–Crippen LogP) is 3.57. The van der Waals surface area contributed by atoms with E-state index in [1.165, 1.54) is 0 Å². The monoisotopic (exact) mass is 465 g/mol. The molecule has 2 aromatic carbocycles. The molecular formula is C27H35N3O4. The van der Waals surface area contributed by atoms with E-state index in [0.717, 1.165) is 12.0 Å². The maximum absolute atomic E-state index is 13.1. The Kier molecular flexibility index (Phi) is 8.68. The van der Waals surface area contributed by atoms with E-state index in [4.69, 9.17) is 4.74 Å². The summed E-state index contributed by atoms with van der Waals surface area (Å²) in [6, 6.07) is 13.8. The fourth-order valence-corrected chi connectivity index (χ4v) is 4.14. The molecule has 1 heterocycles. The highest BCUT2D eigenvalue weighted by Crippen LogP contribution is 2.24. The van der Waals surface area contributed by atoms with Gasteiger partial charge in [-0.1, -0.05) is 30.7 Å². The largest absolute Gasteiger partial charge is 0.497 e. The zero-order valence-electron chi connectivity index (χ0n) is 20.5. The summed E-state index contributed by atoms with van der Waals surface area (Å²) in [5.41, 5.74) is 2.21. The van der Waals surface area contributed by atoms with Crippen molar-refractivity contribution in [1.29, 1.82) is 0 Å². The van der Waals surface area contributed by atoms with E-state index >= 15 is 0 Å². The topological polar surface area (TPSA) is 87.7 Å². The number of carbonyl (C=O) groups is 3. The summed E-state index contributed by atoms with van der Waals surface area (Å²) in [6.45, 7) is 7.02. The summed E-state index contributed by atoms with van der Waals surface area (Å²) >= 11 is 0. The number of aryl methyl sites for hydroxylation is 1. The molecule has 2 atom stereocenters. The van der Waals surface area contributed by atoms with Gasteiger partial charge < -0.3 is 20.3 Å². The molecule has 1 fully saturated rings. The summed E-state index contributed by atoms with van der Waals surface area (Å²) in [5.74, 6) is 0.00612. The van der Waals surface area contributed by atoms with Crippen molar-refractivity contribution in [3.63, 3.8) is 0 Å². The Morgan fingerprint density at radius 1 is 1.03 bits per heavy atom. The third-order valence-electron chi connectivity index (χ3n) is 6.50. The van der Waals surface area contributed by atoms with Crippen LogP contribution < -0.4 is 15.4 Å². The fraction of sp³-hybridized carbons (Fsp3) is 0.444. The van der Waals surface area contributed by atoms with Gasteiger partial charge in [0.2, 0.25) is 5.91 Å². The highest BCUT2D eigenvalue weighted by Gasteiger charge is 2.34. The van der Waals surface area contributed by atoms with E-state index in [1.54, 1.807) is 31.4 Å². The van der Waals surface area contributed by atoms with Crippen molar-refractivity contribution < 1.29 is 19.1 Å². The smallest absolute Gasteiger partial charge is 0.253 e. The van der Waals surface area contributed by atoms with Gasteiger partial charge in [-0.3, -0.25) is 14.4 Å². The second kappa shape index (κ2) is 11.7. The van der Waals surface area contributed by atoms with Gasteiger partial charge in [0.25, 0.3) is 11.8 Å². The zero-order chi connectivity index (χ0) is 24.7. The molecule has 3 amide bonds. The molecule has 0 spiro atoms. The first-order valence-electron chi connectivity index (χ1n) is 11.9. The van der Waals surface area contributed by atoms with Gasteiger partial charge in [-0.05, 0) is 69.4 Å². The average molecular weight is 466 g/mol. The molecule has 7 heteroatoms. The zero-order valence-corrected chi connectivity index (χ0v) is 20.5. The molecule has 0 bridgehead atoms. The van der Waals surface area contributed by atoms with Crippen molar-refractivity contribution in [3.8, 4) is 5.75 Å². The van der Waals surface area contributed by atoms with E-state index < -0.39 is 6.04 Å². The lowest BCUT2D eigenvalue weighted by Crippen LogP contribution is -2.55. The number of ether oxygens (including phenoxy) is 1. The molecule has 0 aromatic heterocycles. The number of hydrogen-bond donors (Lipinski definition) is 2. The van der Waals surface area contributed by atoms with Crippen molar-refractivity contribution in [1.82, 2.24) is 15.5 Å². The molecule has 1 saturated heterocycles. The number of methoxy groups -OCH3 is 1. The number of nitrogens with one attached hydrogen (secondary N) is 2. The van der Waals surface area contributed by atoms with Gasteiger partial charge in [0.05, 0.1) is 7.11 Å². The molecule has 7 nitrogen and oxygen atoms in total. The number of benzene rings is 2. The number of hydrogen-bond acceptors (Lipinski definition) is 4. The Labute approximate surface area is 201 Å². The minimum Gasteiger partial charge on any atom is -0.497 e. The van der Waals surface area contributed by atoms with Gasteiger partial charge in [0, 0.05) is 30.3 Å². The Balaban J connectivity index is 1.70. The molecule has 0 radical (unpaired) electrons. The van der Waals surface area contributed by atoms with Gasteiger partial charge in [0.15, 0.2) is 0 Å². The molecule has 0 unspecified atom stereocenters. The van der Waals surface area contributed by atoms with Crippen LogP contribution in [0.3, 0.4) is 0 Å². The molecule has 1 aliphatic rings. The van der Waals surface area contributed by atoms with Crippen LogP contribution in [0, 0.1) is 12.8 Å². The molecule has 1 aliphatic heterocycles. The van der Waals surface area contributed by atoms with Crippen LogP contribution in [0.4, 0.5) is 0 Å². The van der Waals surface area contributed by atoms with Crippen LogP contribution in [0.1, 0.15) is 59.4 Å². The maximum atomic E-state index is 13.1. The number of amides is 3. The van der Waals surface area contributed by atoms with Crippen molar-refractivity contribution in [3.05, 3.63) is 65.2 Å². The van der Waals surface area contributed by atoms with Gasteiger partial charge in [-0.2, -0.15) is 0 Å². The van der Waals surface area contributed by atoms with E-state index in [9.17, 15) is 14.4 Å². The highest BCUT2D eigenvalue weighted by atomic mass is 16.5.